The van der Waals surface area contributed by atoms with E-state index in [4.69, 9.17) is 14.0 Å². The van der Waals surface area contributed by atoms with Crippen molar-refractivity contribution in [1.82, 2.24) is 4.98 Å². The van der Waals surface area contributed by atoms with Crippen molar-refractivity contribution in [3.8, 4) is 5.75 Å². The molecule has 1 aromatic heterocycles. The van der Waals surface area contributed by atoms with E-state index < -0.39 is 7.12 Å². The quantitative estimate of drug-likeness (QED) is 0.619. The van der Waals surface area contributed by atoms with E-state index in [-0.39, 0.29) is 11.2 Å². The third kappa shape index (κ3) is 2.29. The van der Waals surface area contributed by atoms with Gasteiger partial charge in [-0.15, -0.1) is 0 Å². The van der Waals surface area contributed by atoms with Crippen molar-refractivity contribution in [1.29, 1.82) is 0 Å². The topological polar surface area (TPSA) is 40.6 Å². The number of aromatic nitrogens is 1. The average molecular weight is 314 g/mol. The van der Waals surface area contributed by atoms with Gasteiger partial charge >= 0.3 is 7.12 Å². The molecule has 0 atom stereocenters. The fourth-order valence-corrected chi connectivity index (χ4v) is 2.06. The first-order chi connectivity index (χ1) is 8.27. The lowest BCUT2D eigenvalue weighted by molar-refractivity contribution is 0.00578. The molecule has 1 aromatic rings. The standard InChI is InChI=1S/C12H17BBrNO3/c1-11(2)12(3,4)18-13(17-11)8-7-15-10(14)6-9(8)16-5/h6-7H,1-5H3. The number of ether oxygens (including phenoxy) is 1. The Morgan fingerprint density at radius 3 is 2.28 bits per heavy atom. The fraction of sp³-hybridized carbons (Fsp3) is 0.583. The van der Waals surface area contributed by atoms with E-state index in [0.29, 0.717) is 5.75 Å². The molecule has 0 saturated carbocycles. The van der Waals surface area contributed by atoms with Gasteiger partial charge in [0.05, 0.1) is 18.3 Å². The number of methoxy groups -OCH3 is 1. The van der Waals surface area contributed by atoms with Gasteiger partial charge in [-0.2, -0.15) is 0 Å². The Kier molecular flexibility index (Phi) is 3.47. The van der Waals surface area contributed by atoms with Crippen LogP contribution in [0, 0.1) is 0 Å². The van der Waals surface area contributed by atoms with Crippen molar-refractivity contribution in [2.45, 2.75) is 38.9 Å². The number of rotatable bonds is 2. The lowest BCUT2D eigenvalue weighted by Crippen LogP contribution is -2.41. The zero-order valence-electron chi connectivity index (χ0n) is 11.3. The molecule has 1 aliphatic rings. The number of halogens is 1. The second-order valence-electron chi connectivity index (χ2n) is 5.34. The molecule has 18 heavy (non-hydrogen) atoms. The molecule has 0 N–H and O–H groups in total. The normalized spacial score (nSPS) is 21.1. The summed E-state index contributed by atoms with van der Waals surface area (Å²) in [4.78, 5) is 4.20. The minimum absolute atomic E-state index is 0.365. The first-order valence-corrected chi connectivity index (χ1v) is 6.61. The molecule has 0 bridgehead atoms. The van der Waals surface area contributed by atoms with Crippen molar-refractivity contribution in [3.05, 3.63) is 16.9 Å². The maximum Gasteiger partial charge on any atom is 0.500 e. The van der Waals surface area contributed by atoms with E-state index in [1.807, 2.05) is 27.7 Å². The molecule has 0 spiro atoms. The summed E-state index contributed by atoms with van der Waals surface area (Å²) in [7, 11) is 1.17. The molecule has 0 unspecified atom stereocenters. The van der Waals surface area contributed by atoms with Crippen LogP contribution in [0.1, 0.15) is 27.7 Å². The molecule has 1 saturated heterocycles. The average Bonchev–Trinajstić information content (AvgIpc) is 2.47. The molecule has 0 radical (unpaired) electrons. The highest BCUT2D eigenvalue weighted by Crippen LogP contribution is 2.37. The van der Waals surface area contributed by atoms with Crippen LogP contribution in [-0.2, 0) is 9.31 Å². The molecule has 2 rings (SSSR count). The third-order valence-corrected chi connectivity index (χ3v) is 4.02. The Morgan fingerprint density at radius 1 is 1.22 bits per heavy atom. The first-order valence-electron chi connectivity index (χ1n) is 5.82. The highest BCUT2D eigenvalue weighted by molar-refractivity contribution is 9.10. The van der Waals surface area contributed by atoms with Crippen LogP contribution in [0.15, 0.2) is 16.9 Å². The lowest BCUT2D eigenvalue weighted by atomic mass is 9.79. The van der Waals surface area contributed by atoms with Gasteiger partial charge in [0.1, 0.15) is 10.4 Å². The summed E-state index contributed by atoms with van der Waals surface area (Å²) in [5, 5.41) is 0. The Labute approximate surface area is 116 Å². The maximum atomic E-state index is 5.97. The van der Waals surface area contributed by atoms with Crippen molar-refractivity contribution in [2.75, 3.05) is 7.11 Å². The van der Waals surface area contributed by atoms with Crippen LogP contribution in [0.4, 0.5) is 0 Å². The molecule has 0 aromatic carbocycles. The van der Waals surface area contributed by atoms with Crippen molar-refractivity contribution >= 4 is 28.5 Å². The van der Waals surface area contributed by atoms with E-state index in [0.717, 1.165) is 10.1 Å². The number of hydrogen-bond donors (Lipinski definition) is 0. The summed E-state index contributed by atoms with van der Waals surface area (Å²) in [6, 6.07) is 1.81. The van der Waals surface area contributed by atoms with Gasteiger partial charge in [0.15, 0.2) is 0 Å². The minimum atomic E-state index is -0.453. The van der Waals surface area contributed by atoms with Gasteiger partial charge in [0.2, 0.25) is 0 Å². The molecule has 0 amide bonds. The van der Waals surface area contributed by atoms with E-state index in [9.17, 15) is 0 Å². The van der Waals surface area contributed by atoms with Gasteiger partial charge in [-0.05, 0) is 43.6 Å². The second-order valence-corrected chi connectivity index (χ2v) is 6.15. The van der Waals surface area contributed by atoms with E-state index in [2.05, 4.69) is 20.9 Å². The van der Waals surface area contributed by atoms with E-state index in [1.165, 1.54) is 0 Å². The Bertz CT molecular complexity index is 449. The zero-order valence-corrected chi connectivity index (χ0v) is 12.9. The monoisotopic (exact) mass is 313 g/mol. The number of hydrogen-bond acceptors (Lipinski definition) is 4. The molecule has 1 aliphatic heterocycles. The van der Waals surface area contributed by atoms with Crippen molar-refractivity contribution in [3.63, 3.8) is 0 Å². The van der Waals surface area contributed by atoms with Crippen LogP contribution in [0.3, 0.4) is 0 Å². The Balaban J connectivity index is 2.35. The SMILES string of the molecule is COc1cc(Br)ncc1B1OC(C)(C)C(C)(C)O1. The van der Waals surface area contributed by atoms with Crippen molar-refractivity contribution < 1.29 is 14.0 Å². The van der Waals surface area contributed by atoms with Gasteiger partial charge in [-0.25, -0.2) is 4.98 Å². The van der Waals surface area contributed by atoms with Crippen LogP contribution < -0.4 is 10.2 Å². The van der Waals surface area contributed by atoms with Gasteiger partial charge in [-0.1, -0.05) is 0 Å². The van der Waals surface area contributed by atoms with Gasteiger partial charge in [0.25, 0.3) is 0 Å². The molecule has 2 heterocycles. The largest absolute Gasteiger partial charge is 0.500 e. The van der Waals surface area contributed by atoms with Crippen LogP contribution in [-0.4, -0.2) is 30.4 Å². The smallest absolute Gasteiger partial charge is 0.497 e. The molecule has 98 valence electrons. The summed E-state index contributed by atoms with van der Waals surface area (Å²) in [6.07, 6.45) is 1.71. The summed E-state index contributed by atoms with van der Waals surface area (Å²) in [5.74, 6) is 0.704. The Morgan fingerprint density at radius 2 is 1.78 bits per heavy atom. The molecule has 4 nitrogen and oxygen atoms in total. The maximum absolute atomic E-state index is 5.97. The first kappa shape index (κ1) is 13.8. The Hall–Kier alpha value is -0.585. The molecule has 1 fully saturated rings. The van der Waals surface area contributed by atoms with Crippen LogP contribution >= 0.6 is 15.9 Å². The zero-order chi connectivity index (χ0) is 13.6. The number of nitrogens with zero attached hydrogens (tertiary/aromatic N) is 1. The van der Waals surface area contributed by atoms with Crippen LogP contribution in [0.2, 0.25) is 0 Å². The summed E-state index contributed by atoms with van der Waals surface area (Å²) < 4.78 is 18.0. The molecular weight excluding hydrogens is 297 g/mol. The summed E-state index contributed by atoms with van der Waals surface area (Å²) >= 11 is 3.32. The second kappa shape index (κ2) is 4.51. The highest BCUT2D eigenvalue weighted by Gasteiger charge is 2.52. The number of pyridine rings is 1. The highest BCUT2D eigenvalue weighted by atomic mass is 79.9. The van der Waals surface area contributed by atoms with E-state index >= 15 is 0 Å². The van der Waals surface area contributed by atoms with Crippen LogP contribution in [0.25, 0.3) is 0 Å². The van der Waals surface area contributed by atoms with Gasteiger partial charge < -0.3 is 14.0 Å². The predicted molar refractivity (Wildman–Crippen MR) is 74.2 cm³/mol. The van der Waals surface area contributed by atoms with Crippen molar-refractivity contribution in [2.24, 2.45) is 0 Å². The summed E-state index contributed by atoms with van der Waals surface area (Å²) in [6.45, 7) is 8.08. The lowest BCUT2D eigenvalue weighted by Gasteiger charge is -2.32. The molecule has 6 heteroatoms. The predicted octanol–water partition coefficient (Wildman–Crippen LogP) is 2.15. The van der Waals surface area contributed by atoms with Crippen LogP contribution in [0.5, 0.6) is 5.75 Å². The summed E-state index contributed by atoms with van der Waals surface area (Å²) in [5.41, 5.74) is 0.0743. The molecular formula is C12H17BBrNO3. The minimum Gasteiger partial charge on any atom is -0.497 e. The van der Waals surface area contributed by atoms with Gasteiger partial charge in [0, 0.05) is 17.7 Å². The fourth-order valence-electron chi connectivity index (χ4n) is 1.75. The molecule has 0 aliphatic carbocycles. The third-order valence-electron chi connectivity index (χ3n) is 3.59. The van der Waals surface area contributed by atoms with E-state index in [1.54, 1.807) is 19.4 Å². The van der Waals surface area contributed by atoms with Gasteiger partial charge in [-0.3, -0.25) is 0 Å².